The summed E-state index contributed by atoms with van der Waals surface area (Å²) in [5.41, 5.74) is 1.65. The number of hydrogen-bond donors (Lipinski definition) is 0. The highest BCUT2D eigenvalue weighted by Crippen LogP contribution is 2.32. The minimum Gasteiger partial charge on any atom is -0.295 e. The minimum atomic E-state index is 0.274. The van der Waals surface area contributed by atoms with Crippen LogP contribution in [0, 0.1) is 9.62 Å². The first-order valence-electron chi connectivity index (χ1n) is 4.92. The lowest BCUT2D eigenvalue weighted by molar-refractivity contribution is 0.0967. The van der Waals surface area contributed by atoms with Crippen molar-refractivity contribution in [3.63, 3.8) is 0 Å². The molecule has 0 aromatic carbocycles. The molecule has 2 aromatic rings. The Kier molecular flexibility index (Phi) is 2.05. The molecule has 0 radical (unpaired) electrons. The van der Waals surface area contributed by atoms with E-state index in [0.29, 0.717) is 0 Å². The Morgan fingerprint density at radius 1 is 1.53 bits per heavy atom. The first-order valence-corrected chi connectivity index (χ1v) is 6.00. The van der Waals surface area contributed by atoms with Crippen molar-refractivity contribution in [1.82, 2.24) is 9.38 Å². The second-order valence-corrected chi connectivity index (χ2v) is 4.97. The standard InChI is InChI=1S/C11H9IN2O/c12-9-6-13-10-5-8(3-4-14(9)10)11(15)7-1-2-7/h3-7H,1-2H2. The van der Waals surface area contributed by atoms with Gasteiger partial charge < -0.3 is 0 Å². The van der Waals surface area contributed by atoms with E-state index in [1.165, 1.54) is 0 Å². The van der Waals surface area contributed by atoms with Crippen molar-refractivity contribution in [1.29, 1.82) is 0 Å². The SMILES string of the molecule is O=C(c1ccn2c(I)cnc2c1)C1CC1. The van der Waals surface area contributed by atoms with Crippen molar-refractivity contribution in [2.45, 2.75) is 12.8 Å². The molecule has 2 heterocycles. The number of pyridine rings is 1. The lowest BCUT2D eigenvalue weighted by Gasteiger charge is -2.00. The fourth-order valence-electron chi connectivity index (χ4n) is 1.68. The molecular weight excluding hydrogens is 303 g/mol. The van der Waals surface area contributed by atoms with Crippen molar-refractivity contribution in [3.8, 4) is 0 Å². The number of rotatable bonds is 2. The topological polar surface area (TPSA) is 34.4 Å². The molecule has 0 atom stereocenters. The van der Waals surface area contributed by atoms with E-state index < -0.39 is 0 Å². The lowest BCUT2D eigenvalue weighted by Crippen LogP contribution is -2.02. The van der Waals surface area contributed by atoms with E-state index >= 15 is 0 Å². The molecule has 3 rings (SSSR count). The number of imidazole rings is 1. The van der Waals surface area contributed by atoms with Crippen molar-refractivity contribution in [2.24, 2.45) is 5.92 Å². The average molecular weight is 312 g/mol. The van der Waals surface area contributed by atoms with Gasteiger partial charge in [-0.15, -0.1) is 0 Å². The molecule has 1 saturated carbocycles. The van der Waals surface area contributed by atoms with Crippen molar-refractivity contribution in [3.05, 3.63) is 33.8 Å². The summed E-state index contributed by atoms with van der Waals surface area (Å²) in [6.45, 7) is 0. The third-order valence-electron chi connectivity index (χ3n) is 2.70. The van der Waals surface area contributed by atoms with Gasteiger partial charge in [0, 0.05) is 17.7 Å². The minimum absolute atomic E-state index is 0.274. The summed E-state index contributed by atoms with van der Waals surface area (Å²) in [5.74, 6) is 0.553. The Hall–Kier alpha value is -0.910. The van der Waals surface area contributed by atoms with E-state index in [0.717, 1.165) is 27.8 Å². The number of nitrogens with zero attached hydrogens (tertiary/aromatic N) is 2. The molecule has 0 unspecified atom stereocenters. The summed E-state index contributed by atoms with van der Waals surface area (Å²) < 4.78 is 3.04. The zero-order valence-corrected chi connectivity index (χ0v) is 10.1. The van der Waals surface area contributed by atoms with Crippen LogP contribution in [0.15, 0.2) is 24.5 Å². The van der Waals surface area contributed by atoms with E-state index in [1.807, 2.05) is 22.7 Å². The van der Waals surface area contributed by atoms with E-state index in [-0.39, 0.29) is 11.7 Å². The number of carbonyl (C=O) groups is 1. The fourth-order valence-corrected chi connectivity index (χ4v) is 2.23. The molecule has 1 fully saturated rings. The summed E-state index contributed by atoms with van der Waals surface area (Å²) >= 11 is 2.22. The van der Waals surface area contributed by atoms with Crippen LogP contribution in [0.1, 0.15) is 23.2 Å². The van der Waals surface area contributed by atoms with Crippen LogP contribution >= 0.6 is 22.6 Å². The van der Waals surface area contributed by atoms with Gasteiger partial charge in [0.1, 0.15) is 9.35 Å². The molecule has 0 saturated heterocycles. The number of fused-ring (bicyclic) bond motifs is 1. The highest BCUT2D eigenvalue weighted by molar-refractivity contribution is 14.1. The normalized spacial score (nSPS) is 15.8. The summed E-state index contributed by atoms with van der Waals surface area (Å²) in [5, 5.41) is 0. The molecule has 0 bridgehead atoms. The number of hydrogen-bond acceptors (Lipinski definition) is 2. The number of carbonyl (C=O) groups excluding carboxylic acids is 1. The first-order chi connectivity index (χ1) is 7.25. The van der Waals surface area contributed by atoms with E-state index in [2.05, 4.69) is 27.6 Å². The zero-order chi connectivity index (χ0) is 10.4. The van der Waals surface area contributed by atoms with Gasteiger partial charge in [0.2, 0.25) is 0 Å². The van der Waals surface area contributed by atoms with Crippen LogP contribution in [0.4, 0.5) is 0 Å². The van der Waals surface area contributed by atoms with Crippen LogP contribution in [0.2, 0.25) is 0 Å². The maximum atomic E-state index is 11.8. The van der Waals surface area contributed by atoms with Gasteiger partial charge in [-0.05, 0) is 47.6 Å². The Labute approximate surface area is 101 Å². The number of ketones is 1. The fraction of sp³-hybridized carbons (Fsp3) is 0.273. The van der Waals surface area contributed by atoms with E-state index in [4.69, 9.17) is 0 Å². The third-order valence-corrected chi connectivity index (χ3v) is 3.50. The molecule has 15 heavy (non-hydrogen) atoms. The predicted molar refractivity (Wildman–Crippen MR) is 65.0 cm³/mol. The highest BCUT2D eigenvalue weighted by Gasteiger charge is 2.30. The quantitative estimate of drug-likeness (QED) is 0.631. The van der Waals surface area contributed by atoms with Gasteiger partial charge in [0.05, 0.1) is 6.20 Å². The average Bonchev–Trinajstić information content (AvgIpc) is 3.03. The van der Waals surface area contributed by atoms with Crippen molar-refractivity contribution in [2.75, 3.05) is 0 Å². The maximum absolute atomic E-state index is 11.8. The van der Waals surface area contributed by atoms with Gasteiger partial charge in [0.15, 0.2) is 5.78 Å². The van der Waals surface area contributed by atoms with Gasteiger partial charge >= 0.3 is 0 Å². The predicted octanol–water partition coefficient (Wildman–Crippen LogP) is 2.53. The van der Waals surface area contributed by atoms with Crippen LogP contribution in [0.3, 0.4) is 0 Å². The Balaban J connectivity index is 2.09. The summed E-state index contributed by atoms with van der Waals surface area (Å²) in [6, 6.07) is 3.76. The summed E-state index contributed by atoms with van der Waals surface area (Å²) in [6.07, 6.45) is 5.83. The largest absolute Gasteiger partial charge is 0.295 e. The monoisotopic (exact) mass is 312 g/mol. The molecule has 3 nitrogen and oxygen atoms in total. The highest BCUT2D eigenvalue weighted by atomic mass is 127. The molecule has 1 aliphatic carbocycles. The Bertz CT molecular complexity index is 543. The number of Topliss-reactive ketones (excluding diaryl/α,β-unsaturated/α-hetero) is 1. The van der Waals surface area contributed by atoms with Crippen LogP contribution in [-0.2, 0) is 0 Å². The van der Waals surface area contributed by atoms with Crippen LogP contribution in [0.5, 0.6) is 0 Å². The van der Waals surface area contributed by atoms with Gasteiger partial charge in [-0.2, -0.15) is 0 Å². The van der Waals surface area contributed by atoms with E-state index in [9.17, 15) is 4.79 Å². The second-order valence-electron chi connectivity index (χ2n) is 3.86. The smallest absolute Gasteiger partial charge is 0.166 e. The molecule has 76 valence electrons. The number of halogens is 1. The molecule has 0 spiro atoms. The third kappa shape index (κ3) is 1.56. The van der Waals surface area contributed by atoms with Gasteiger partial charge in [-0.3, -0.25) is 9.20 Å². The Morgan fingerprint density at radius 3 is 3.07 bits per heavy atom. The molecule has 0 aliphatic heterocycles. The molecule has 4 heteroatoms. The van der Waals surface area contributed by atoms with Crippen LogP contribution < -0.4 is 0 Å². The van der Waals surface area contributed by atoms with Crippen molar-refractivity contribution >= 4 is 34.0 Å². The van der Waals surface area contributed by atoms with Crippen LogP contribution in [0.25, 0.3) is 5.65 Å². The van der Waals surface area contributed by atoms with Gasteiger partial charge in [-0.25, -0.2) is 4.98 Å². The lowest BCUT2D eigenvalue weighted by atomic mass is 10.1. The Morgan fingerprint density at radius 2 is 2.33 bits per heavy atom. The molecule has 0 amide bonds. The zero-order valence-electron chi connectivity index (χ0n) is 7.98. The van der Waals surface area contributed by atoms with Crippen LogP contribution in [-0.4, -0.2) is 15.2 Å². The van der Waals surface area contributed by atoms with Gasteiger partial charge in [0.25, 0.3) is 0 Å². The second kappa shape index (κ2) is 3.30. The summed E-state index contributed by atoms with van der Waals surface area (Å²) in [7, 11) is 0. The van der Waals surface area contributed by atoms with Crippen molar-refractivity contribution < 1.29 is 4.79 Å². The molecular formula is C11H9IN2O. The molecule has 1 aliphatic rings. The number of aromatic nitrogens is 2. The first kappa shape index (κ1) is 9.33. The van der Waals surface area contributed by atoms with E-state index in [1.54, 1.807) is 6.20 Å². The van der Waals surface area contributed by atoms with Gasteiger partial charge in [-0.1, -0.05) is 0 Å². The summed E-state index contributed by atoms with van der Waals surface area (Å²) in [4.78, 5) is 16.1. The molecule has 0 N–H and O–H groups in total. The molecule has 2 aromatic heterocycles. The maximum Gasteiger partial charge on any atom is 0.166 e.